The molecule has 0 radical (unpaired) electrons. The van der Waals surface area contributed by atoms with Gasteiger partial charge in [-0.2, -0.15) is 0 Å². The number of carbonyl (C=O) groups excluding carboxylic acids is 1. The van der Waals surface area contributed by atoms with Crippen molar-refractivity contribution < 1.29 is 14.6 Å². The highest BCUT2D eigenvalue weighted by Gasteiger charge is 1.99. The lowest BCUT2D eigenvalue weighted by molar-refractivity contribution is -0.134. The Morgan fingerprint density at radius 2 is 2.31 bits per heavy atom. The lowest BCUT2D eigenvalue weighted by atomic mass is 10.3. The first-order valence-corrected chi connectivity index (χ1v) is 5.77. The number of thioether (sulfide) groups is 1. The molecule has 86 valence electrons. The van der Waals surface area contributed by atoms with E-state index in [9.17, 15) is 9.90 Å². The molecule has 1 aromatic carbocycles. The Labute approximate surface area is 99.1 Å². The van der Waals surface area contributed by atoms with Crippen molar-refractivity contribution in [3.05, 3.63) is 35.9 Å². The lowest BCUT2D eigenvalue weighted by Crippen LogP contribution is -1.96. The van der Waals surface area contributed by atoms with Gasteiger partial charge in [0.2, 0.25) is 0 Å². The molecule has 1 aromatic rings. The Balaban J connectivity index is 2.52. The Morgan fingerprint density at radius 1 is 1.56 bits per heavy atom. The molecule has 0 spiro atoms. The molecule has 0 amide bonds. The van der Waals surface area contributed by atoms with Crippen LogP contribution in [0.25, 0.3) is 0 Å². The van der Waals surface area contributed by atoms with Gasteiger partial charge in [0.1, 0.15) is 5.75 Å². The number of aromatic hydroxyl groups is 1. The van der Waals surface area contributed by atoms with Crippen molar-refractivity contribution in [3.63, 3.8) is 0 Å². The second-order valence-corrected chi connectivity index (χ2v) is 4.35. The molecule has 0 heterocycles. The van der Waals surface area contributed by atoms with E-state index in [1.54, 1.807) is 30.0 Å². The van der Waals surface area contributed by atoms with Gasteiger partial charge in [-0.1, -0.05) is 11.6 Å². The van der Waals surface area contributed by atoms with Crippen LogP contribution in [-0.4, -0.2) is 23.9 Å². The Hall–Kier alpha value is -1.42. The number of methoxy groups -OCH3 is 1. The maximum Gasteiger partial charge on any atom is 0.330 e. The van der Waals surface area contributed by atoms with Crippen LogP contribution < -0.4 is 0 Å². The largest absolute Gasteiger partial charge is 0.508 e. The summed E-state index contributed by atoms with van der Waals surface area (Å²) in [5.74, 6) is 0.604. The standard InChI is InChI=1S/C12H14O3S/c1-9(6-12(14)15-2)8-16-11-5-3-4-10(13)7-11/h3-7,13H,8H2,1-2H3. The maximum absolute atomic E-state index is 10.9. The summed E-state index contributed by atoms with van der Waals surface area (Å²) in [5, 5.41) is 9.26. The fourth-order valence-corrected chi connectivity index (χ4v) is 1.93. The van der Waals surface area contributed by atoms with Crippen LogP contribution in [0.5, 0.6) is 5.75 Å². The highest BCUT2D eigenvalue weighted by atomic mass is 32.2. The number of rotatable bonds is 4. The number of carbonyl (C=O) groups is 1. The van der Waals surface area contributed by atoms with E-state index in [4.69, 9.17) is 0 Å². The summed E-state index contributed by atoms with van der Waals surface area (Å²) >= 11 is 1.56. The van der Waals surface area contributed by atoms with E-state index >= 15 is 0 Å². The van der Waals surface area contributed by atoms with E-state index in [1.807, 2.05) is 13.0 Å². The molecule has 1 rings (SSSR count). The van der Waals surface area contributed by atoms with Crippen molar-refractivity contribution >= 4 is 17.7 Å². The first-order chi connectivity index (χ1) is 7.61. The predicted octanol–water partition coefficient (Wildman–Crippen LogP) is 2.60. The molecule has 0 aliphatic carbocycles. The number of hydrogen-bond donors (Lipinski definition) is 1. The van der Waals surface area contributed by atoms with Gasteiger partial charge < -0.3 is 9.84 Å². The minimum Gasteiger partial charge on any atom is -0.508 e. The zero-order valence-corrected chi connectivity index (χ0v) is 10.1. The molecule has 0 saturated carbocycles. The van der Waals surface area contributed by atoms with E-state index in [0.29, 0.717) is 5.75 Å². The normalized spacial score (nSPS) is 11.2. The van der Waals surface area contributed by atoms with E-state index in [1.165, 1.54) is 13.2 Å². The molecule has 0 aliphatic heterocycles. The van der Waals surface area contributed by atoms with Crippen molar-refractivity contribution in [3.8, 4) is 5.75 Å². The lowest BCUT2D eigenvalue weighted by Gasteiger charge is -2.02. The fraction of sp³-hybridized carbons (Fsp3) is 0.250. The van der Waals surface area contributed by atoms with E-state index in [0.717, 1.165) is 10.5 Å². The number of esters is 1. The smallest absolute Gasteiger partial charge is 0.330 e. The second-order valence-electron chi connectivity index (χ2n) is 3.30. The van der Waals surface area contributed by atoms with E-state index in [2.05, 4.69) is 4.74 Å². The van der Waals surface area contributed by atoms with Crippen LogP contribution in [0.4, 0.5) is 0 Å². The van der Waals surface area contributed by atoms with Crippen LogP contribution >= 0.6 is 11.8 Å². The maximum atomic E-state index is 10.9. The molecule has 3 nitrogen and oxygen atoms in total. The van der Waals surface area contributed by atoms with Crippen LogP contribution in [0, 0.1) is 0 Å². The predicted molar refractivity (Wildman–Crippen MR) is 64.6 cm³/mol. The van der Waals surface area contributed by atoms with Gasteiger partial charge in [0, 0.05) is 16.7 Å². The highest BCUT2D eigenvalue weighted by molar-refractivity contribution is 7.99. The fourth-order valence-electron chi connectivity index (χ4n) is 1.07. The van der Waals surface area contributed by atoms with Crippen LogP contribution in [0.1, 0.15) is 6.92 Å². The number of hydrogen-bond acceptors (Lipinski definition) is 4. The zero-order chi connectivity index (χ0) is 12.0. The Morgan fingerprint density at radius 3 is 2.94 bits per heavy atom. The summed E-state index contributed by atoms with van der Waals surface area (Å²) in [6, 6.07) is 7.02. The topological polar surface area (TPSA) is 46.5 Å². The molecule has 0 atom stereocenters. The van der Waals surface area contributed by atoms with Gasteiger partial charge in [0.15, 0.2) is 0 Å². The van der Waals surface area contributed by atoms with Crippen LogP contribution in [0.3, 0.4) is 0 Å². The van der Waals surface area contributed by atoms with Gasteiger partial charge in [0.05, 0.1) is 7.11 Å². The molecule has 0 saturated heterocycles. The minimum atomic E-state index is -0.339. The Kier molecular flexibility index (Phi) is 4.92. The van der Waals surface area contributed by atoms with Crippen molar-refractivity contribution in [2.45, 2.75) is 11.8 Å². The number of benzene rings is 1. The molecule has 1 N–H and O–H groups in total. The quantitative estimate of drug-likeness (QED) is 0.497. The molecule has 4 heteroatoms. The van der Waals surface area contributed by atoms with Gasteiger partial charge in [-0.25, -0.2) is 4.79 Å². The summed E-state index contributed by atoms with van der Waals surface area (Å²) in [6.07, 6.45) is 1.47. The van der Waals surface area contributed by atoms with E-state index < -0.39 is 0 Å². The van der Waals surface area contributed by atoms with Gasteiger partial charge >= 0.3 is 5.97 Å². The SMILES string of the molecule is COC(=O)C=C(C)CSc1cccc(O)c1. The summed E-state index contributed by atoms with van der Waals surface area (Å²) in [7, 11) is 1.36. The summed E-state index contributed by atoms with van der Waals surface area (Å²) in [4.78, 5) is 11.9. The summed E-state index contributed by atoms with van der Waals surface area (Å²) in [5.41, 5.74) is 0.931. The van der Waals surface area contributed by atoms with Gasteiger partial charge in [-0.3, -0.25) is 0 Å². The van der Waals surface area contributed by atoms with Crippen LogP contribution in [0.2, 0.25) is 0 Å². The van der Waals surface area contributed by atoms with Gasteiger partial charge in [-0.05, 0) is 25.1 Å². The van der Waals surface area contributed by atoms with Crippen molar-refractivity contribution in [1.29, 1.82) is 0 Å². The van der Waals surface area contributed by atoms with Crippen molar-refractivity contribution in [2.75, 3.05) is 12.9 Å². The first kappa shape index (κ1) is 12.6. The molecule has 16 heavy (non-hydrogen) atoms. The minimum absolute atomic E-state index is 0.250. The molecule has 0 unspecified atom stereocenters. The third kappa shape index (κ3) is 4.40. The Bertz CT molecular complexity index is 399. The average Bonchev–Trinajstić information content (AvgIpc) is 2.26. The van der Waals surface area contributed by atoms with E-state index in [-0.39, 0.29) is 11.7 Å². The molecule has 0 aliphatic rings. The number of phenolic OH excluding ortho intramolecular Hbond substituents is 1. The van der Waals surface area contributed by atoms with Crippen LogP contribution in [-0.2, 0) is 9.53 Å². The molecular formula is C12H14O3S. The molecule has 0 fully saturated rings. The summed E-state index contributed by atoms with van der Waals surface area (Å²) in [6.45, 7) is 1.87. The third-order valence-electron chi connectivity index (χ3n) is 1.85. The summed E-state index contributed by atoms with van der Waals surface area (Å²) < 4.78 is 4.53. The first-order valence-electron chi connectivity index (χ1n) is 4.79. The third-order valence-corrected chi connectivity index (χ3v) is 3.04. The van der Waals surface area contributed by atoms with Crippen LogP contribution in [0.15, 0.2) is 40.8 Å². The molecule has 0 aromatic heterocycles. The number of phenols is 1. The van der Waals surface area contributed by atoms with Gasteiger partial charge in [0.25, 0.3) is 0 Å². The average molecular weight is 238 g/mol. The number of ether oxygens (including phenoxy) is 1. The zero-order valence-electron chi connectivity index (χ0n) is 9.27. The second kappa shape index (κ2) is 6.23. The monoisotopic (exact) mass is 238 g/mol. The molecular weight excluding hydrogens is 224 g/mol. The highest BCUT2D eigenvalue weighted by Crippen LogP contribution is 2.23. The van der Waals surface area contributed by atoms with Crippen molar-refractivity contribution in [1.82, 2.24) is 0 Å². The van der Waals surface area contributed by atoms with Gasteiger partial charge in [-0.15, -0.1) is 11.8 Å². The van der Waals surface area contributed by atoms with Crippen molar-refractivity contribution in [2.24, 2.45) is 0 Å². The molecule has 0 bridgehead atoms.